The lowest BCUT2D eigenvalue weighted by Gasteiger charge is -2.04. The summed E-state index contributed by atoms with van der Waals surface area (Å²) in [7, 11) is 2.00. The number of hydrogen-bond acceptors (Lipinski definition) is 2. The van der Waals surface area contributed by atoms with E-state index in [9.17, 15) is 0 Å². The van der Waals surface area contributed by atoms with Crippen molar-refractivity contribution < 1.29 is 26.4 Å². The molecule has 0 bridgehead atoms. The Labute approximate surface area is 129 Å². The number of hydrogen-bond donors (Lipinski definition) is 1. The van der Waals surface area contributed by atoms with E-state index < -0.39 is 0 Å². The highest BCUT2D eigenvalue weighted by Gasteiger charge is 2.05. The van der Waals surface area contributed by atoms with Gasteiger partial charge in [-0.1, -0.05) is 39.0 Å². The van der Waals surface area contributed by atoms with Gasteiger partial charge < -0.3 is 21.9 Å². The highest BCUT2D eigenvalue weighted by Crippen LogP contribution is 2.04. The van der Waals surface area contributed by atoms with Crippen molar-refractivity contribution in [1.82, 2.24) is 4.98 Å². The van der Waals surface area contributed by atoms with Gasteiger partial charge in [-0.15, -0.1) is 0 Å². The molecule has 118 valence electrons. The Kier molecular flexibility index (Phi) is 13.0. The maximum absolute atomic E-state index is 5.55. The van der Waals surface area contributed by atoms with Gasteiger partial charge in [-0.25, -0.2) is 9.55 Å². The lowest BCUT2D eigenvalue weighted by Crippen LogP contribution is -3.00. The molecule has 0 saturated carbocycles. The van der Waals surface area contributed by atoms with Crippen LogP contribution in [0.2, 0.25) is 0 Å². The third-order valence-corrected chi connectivity index (χ3v) is 3.23. The largest absolute Gasteiger partial charge is 1.00 e. The lowest BCUT2D eigenvalue weighted by atomic mass is 10.1. The average Bonchev–Trinajstić information content (AvgIpc) is 2.82. The number of H-pyrrole nitrogens is 1. The van der Waals surface area contributed by atoms with E-state index in [2.05, 4.69) is 11.9 Å². The molecular formula is C15H29ClN2O2. The fourth-order valence-electron chi connectivity index (χ4n) is 1.95. The first-order valence-corrected chi connectivity index (χ1v) is 7.52. The van der Waals surface area contributed by atoms with Crippen LogP contribution >= 0.6 is 0 Å². The van der Waals surface area contributed by atoms with Crippen LogP contribution in [0, 0.1) is 0 Å². The number of nitrogens with zero attached hydrogens (tertiary/aromatic N) is 1. The van der Waals surface area contributed by atoms with E-state index in [0.29, 0.717) is 19.8 Å². The van der Waals surface area contributed by atoms with Gasteiger partial charge in [0.05, 0.1) is 20.3 Å². The summed E-state index contributed by atoms with van der Waals surface area (Å²) in [4.78, 5) is 3.14. The Morgan fingerprint density at radius 3 is 2.40 bits per heavy atom. The van der Waals surface area contributed by atoms with E-state index in [4.69, 9.17) is 9.47 Å². The van der Waals surface area contributed by atoms with Gasteiger partial charge >= 0.3 is 0 Å². The molecule has 0 radical (unpaired) electrons. The van der Waals surface area contributed by atoms with Gasteiger partial charge in [-0.05, 0) is 6.42 Å². The summed E-state index contributed by atoms with van der Waals surface area (Å²) in [6.07, 6.45) is 11.7. The Balaban J connectivity index is 0.00000361. The first-order valence-electron chi connectivity index (χ1n) is 7.52. The van der Waals surface area contributed by atoms with Gasteiger partial charge in [0.1, 0.15) is 19.0 Å². The molecule has 1 aromatic rings. The standard InChI is InChI=1S/C15H28N2O2.ClH/c1-3-4-5-6-7-8-11-18-12-13-19-14-15-16-9-10-17(15)2;/h9-10H,3-8,11-14H2,1-2H3;1H. The van der Waals surface area contributed by atoms with Gasteiger partial charge in [-0.3, -0.25) is 0 Å². The number of unbranched alkanes of at least 4 members (excludes halogenated alkanes) is 5. The second kappa shape index (κ2) is 13.4. The fraction of sp³-hybridized carbons (Fsp3) is 0.800. The van der Waals surface area contributed by atoms with E-state index in [1.807, 2.05) is 24.0 Å². The zero-order chi connectivity index (χ0) is 13.8. The number of aryl methyl sites for hydroxylation is 1. The number of aromatic nitrogens is 2. The van der Waals surface area contributed by atoms with Gasteiger partial charge in [-0.2, -0.15) is 0 Å². The molecule has 0 saturated heterocycles. The van der Waals surface area contributed by atoms with Crippen LogP contribution in [0.1, 0.15) is 51.3 Å². The van der Waals surface area contributed by atoms with Crippen molar-refractivity contribution in [2.24, 2.45) is 7.05 Å². The quantitative estimate of drug-likeness (QED) is 0.427. The molecule has 0 fully saturated rings. The second-order valence-electron chi connectivity index (χ2n) is 4.95. The molecule has 1 rings (SSSR count). The van der Waals surface area contributed by atoms with Crippen molar-refractivity contribution >= 4 is 0 Å². The third-order valence-electron chi connectivity index (χ3n) is 3.23. The average molecular weight is 305 g/mol. The van der Waals surface area contributed by atoms with Crippen molar-refractivity contribution in [3.63, 3.8) is 0 Å². The minimum Gasteiger partial charge on any atom is -1.00 e. The fourth-order valence-corrected chi connectivity index (χ4v) is 1.95. The van der Waals surface area contributed by atoms with Gasteiger partial charge in [0.2, 0.25) is 0 Å². The van der Waals surface area contributed by atoms with Crippen LogP contribution in [0.25, 0.3) is 0 Å². The molecule has 0 aromatic carbocycles. The summed E-state index contributed by atoms with van der Waals surface area (Å²) in [5, 5.41) is 0. The summed E-state index contributed by atoms with van der Waals surface area (Å²) in [5.41, 5.74) is 0. The van der Waals surface area contributed by atoms with Crippen LogP contribution < -0.4 is 17.0 Å². The molecule has 0 atom stereocenters. The number of imidazole rings is 1. The molecule has 0 amide bonds. The van der Waals surface area contributed by atoms with Crippen molar-refractivity contribution in [1.29, 1.82) is 0 Å². The first-order chi connectivity index (χ1) is 9.34. The van der Waals surface area contributed by atoms with Crippen molar-refractivity contribution in [2.45, 2.75) is 52.1 Å². The lowest BCUT2D eigenvalue weighted by molar-refractivity contribution is -0.680. The SMILES string of the molecule is CCCCCCCCOCCOCc1[nH]cc[n+]1C.[Cl-]. The van der Waals surface area contributed by atoms with Crippen LogP contribution in [0.5, 0.6) is 0 Å². The summed E-state index contributed by atoms with van der Waals surface area (Å²) in [5.74, 6) is 1.08. The van der Waals surface area contributed by atoms with Crippen LogP contribution in [0.4, 0.5) is 0 Å². The maximum Gasteiger partial charge on any atom is 0.280 e. The van der Waals surface area contributed by atoms with Crippen molar-refractivity contribution in [3.8, 4) is 0 Å². The van der Waals surface area contributed by atoms with Crippen LogP contribution in [0.3, 0.4) is 0 Å². The second-order valence-corrected chi connectivity index (χ2v) is 4.95. The topological polar surface area (TPSA) is 38.1 Å². The highest BCUT2D eigenvalue weighted by molar-refractivity contribution is 4.73. The maximum atomic E-state index is 5.55. The van der Waals surface area contributed by atoms with Gasteiger partial charge in [0.25, 0.3) is 5.82 Å². The van der Waals surface area contributed by atoms with E-state index >= 15 is 0 Å². The molecular weight excluding hydrogens is 276 g/mol. The predicted molar refractivity (Wildman–Crippen MR) is 75.8 cm³/mol. The van der Waals surface area contributed by atoms with E-state index in [0.717, 1.165) is 12.4 Å². The molecule has 20 heavy (non-hydrogen) atoms. The predicted octanol–water partition coefficient (Wildman–Crippen LogP) is -0.263. The number of rotatable bonds is 12. The molecule has 0 aliphatic heterocycles. The number of ether oxygens (including phenoxy) is 2. The summed E-state index contributed by atoms with van der Waals surface area (Å²) < 4.78 is 13.1. The molecule has 1 N–H and O–H groups in total. The highest BCUT2D eigenvalue weighted by atomic mass is 35.5. The molecule has 1 heterocycles. The third kappa shape index (κ3) is 9.34. The zero-order valence-corrected chi connectivity index (χ0v) is 13.6. The van der Waals surface area contributed by atoms with Gasteiger partial charge in [0.15, 0.2) is 0 Å². The van der Waals surface area contributed by atoms with Crippen molar-refractivity contribution in [3.05, 3.63) is 18.2 Å². The van der Waals surface area contributed by atoms with E-state index in [-0.39, 0.29) is 12.4 Å². The molecule has 1 aromatic heterocycles. The van der Waals surface area contributed by atoms with Crippen molar-refractivity contribution in [2.75, 3.05) is 19.8 Å². The van der Waals surface area contributed by atoms with Crippen LogP contribution in [-0.2, 0) is 23.1 Å². The Morgan fingerprint density at radius 2 is 1.70 bits per heavy atom. The number of aromatic amines is 1. The van der Waals surface area contributed by atoms with Gasteiger partial charge in [0, 0.05) is 6.61 Å². The molecule has 0 spiro atoms. The Bertz CT molecular complexity index is 319. The molecule has 4 nitrogen and oxygen atoms in total. The Morgan fingerprint density at radius 1 is 1.00 bits per heavy atom. The minimum atomic E-state index is 0. The summed E-state index contributed by atoms with van der Waals surface area (Å²) >= 11 is 0. The molecule has 0 unspecified atom stereocenters. The number of nitrogens with one attached hydrogen (secondary N) is 1. The normalized spacial score (nSPS) is 10.5. The molecule has 0 aliphatic carbocycles. The van der Waals surface area contributed by atoms with Crippen LogP contribution in [-0.4, -0.2) is 24.8 Å². The Hall–Kier alpha value is -0.580. The minimum absolute atomic E-state index is 0. The zero-order valence-electron chi connectivity index (χ0n) is 12.9. The number of halogens is 1. The summed E-state index contributed by atoms with van der Waals surface area (Å²) in [6.45, 7) is 5.08. The van der Waals surface area contributed by atoms with E-state index in [1.54, 1.807) is 0 Å². The molecule has 0 aliphatic rings. The monoisotopic (exact) mass is 304 g/mol. The smallest absolute Gasteiger partial charge is 0.280 e. The molecule has 5 heteroatoms. The van der Waals surface area contributed by atoms with E-state index in [1.165, 1.54) is 38.5 Å². The van der Waals surface area contributed by atoms with Crippen LogP contribution in [0.15, 0.2) is 12.4 Å². The first kappa shape index (κ1) is 19.4. The summed E-state index contributed by atoms with van der Waals surface area (Å²) in [6, 6.07) is 0.